The average Bonchev–Trinajstić information content (AvgIpc) is 2.91. The van der Waals surface area contributed by atoms with E-state index < -0.39 is 30.0 Å². The Bertz CT molecular complexity index is 800. The van der Waals surface area contributed by atoms with Gasteiger partial charge in [0.15, 0.2) is 11.9 Å². The molecule has 0 saturated heterocycles. The molecule has 126 valence electrons. The summed E-state index contributed by atoms with van der Waals surface area (Å²) in [4.78, 5) is 0. The molecule has 0 fully saturated rings. The molecule has 0 radical (unpaired) electrons. The van der Waals surface area contributed by atoms with Crippen LogP contribution in [-0.2, 0) is 4.74 Å². The van der Waals surface area contributed by atoms with Crippen LogP contribution < -0.4 is 11.2 Å². The van der Waals surface area contributed by atoms with Crippen molar-refractivity contribution in [1.29, 1.82) is 5.26 Å². The minimum absolute atomic E-state index is 0.152. The number of alkyl halides is 3. The number of rotatable bonds is 1. The zero-order valence-corrected chi connectivity index (χ0v) is 13.2. The number of allylic oxidation sites excluding steroid dienone is 1. The topological polar surface area (TPSA) is 83.4 Å². The van der Waals surface area contributed by atoms with Crippen molar-refractivity contribution in [2.75, 3.05) is 0 Å². The summed E-state index contributed by atoms with van der Waals surface area (Å²) in [5.41, 5.74) is 6.98. The molecule has 5 nitrogen and oxygen atoms in total. The van der Waals surface area contributed by atoms with E-state index in [0.717, 1.165) is 0 Å². The quantitative estimate of drug-likeness (QED) is 0.787. The summed E-state index contributed by atoms with van der Waals surface area (Å²) in [5, 5.41) is 13.1. The monoisotopic (exact) mass is 376 g/mol. The molecule has 0 saturated carbocycles. The molecular weight excluding hydrogens is 368 g/mol. The fraction of sp³-hybridized carbons (Fsp3) is 0.286. The maximum atomic E-state index is 13.3. The molecule has 0 unspecified atom stereocenters. The molecule has 3 atom stereocenters. The predicted octanol–water partition coefficient (Wildman–Crippen LogP) is 3.26. The summed E-state index contributed by atoms with van der Waals surface area (Å²) in [6.07, 6.45) is -5.86. The number of halogens is 5. The number of nitrogens with one attached hydrogen (secondary N) is 1. The molecule has 3 N–H and O–H groups in total. The second-order valence-corrected chi connectivity index (χ2v) is 6.07. The number of fused-ring (bicyclic) bond motifs is 1. The molecule has 2 heterocycles. The van der Waals surface area contributed by atoms with E-state index in [2.05, 4.69) is 10.5 Å². The maximum absolute atomic E-state index is 13.3. The molecule has 1 aromatic carbocycles. The highest BCUT2D eigenvalue weighted by molar-refractivity contribution is 6.33. The van der Waals surface area contributed by atoms with Crippen LogP contribution in [0.3, 0.4) is 0 Å². The Labute approximate surface area is 144 Å². The Morgan fingerprint density at radius 2 is 2.04 bits per heavy atom. The summed E-state index contributed by atoms with van der Waals surface area (Å²) in [7, 11) is 0. The average molecular weight is 377 g/mol. The van der Waals surface area contributed by atoms with Crippen molar-refractivity contribution in [2.45, 2.75) is 18.3 Å². The number of nitrogens with zero attached hydrogens (tertiary/aromatic N) is 2. The van der Waals surface area contributed by atoms with E-state index >= 15 is 0 Å². The normalized spacial score (nSPS) is 26.2. The van der Waals surface area contributed by atoms with Crippen molar-refractivity contribution in [1.82, 2.24) is 5.43 Å². The van der Waals surface area contributed by atoms with Crippen molar-refractivity contribution in [3.8, 4) is 6.07 Å². The van der Waals surface area contributed by atoms with E-state index in [0.29, 0.717) is 0 Å². The largest absolute Gasteiger partial charge is 0.453 e. The molecule has 3 rings (SSSR count). The second kappa shape index (κ2) is 5.76. The van der Waals surface area contributed by atoms with Gasteiger partial charge in [0.1, 0.15) is 6.07 Å². The summed E-state index contributed by atoms with van der Waals surface area (Å²) in [5.74, 6) is -2.68. The van der Waals surface area contributed by atoms with Gasteiger partial charge in [-0.2, -0.15) is 23.5 Å². The third-order valence-electron chi connectivity index (χ3n) is 3.85. The molecule has 2 aliphatic rings. The zero-order valence-electron chi connectivity index (χ0n) is 11.7. The van der Waals surface area contributed by atoms with Gasteiger partial charge in [-0.05, 0) is 23.8 Å². The smallest absolute Gasteiger partial charge is 0.431 e. The lowest BCUT2D eigenvalue weighted by molar-refractivity contribution is -0.0661. The predicted molar refractivity (Wildman–Crippen MR) is 81.0 cm³/mol. The van der Waals surface area contributed by atoms with Crippen molar-refractivity contribution in [3.63, 3.8) is 0 Å². The van der Waals surface area contributed by atoms with Gasteiger partial charge in [-0.25, -0.2) is 0 Å². The molecule has 0 bridgehead atoms. The van der Waals surface area contributed by atoms with Gasteiger partial charge in [-0.1, -0.05) is 23.2 Å². The Kier molecular flexibility index (Phi) is 4.01. The van der Waals surface area contributed by atoms with Gasteiger partial charge in [0.25, 0.3) is 0 Å². The van der Waals surface area contributed by atoms with Crippen LogP contribution in [0.5, 0.6) is 0 Å². The van der Waals surface area contributed by atoms with E-state index in [9.17, 15) is 18.4 Å². The van der Waals surface area contributed by atoms with Crippen molar-refractivity contribution < 1.29 is 17.9 Å². The molecular formula is C14H9Cl2F3N4O. The fourth-order valence-electron chi connectivity index (χ4n) is 2.88. The van der Waals surface area contributed by atoms with E-state index in [-0.39, 0.29) is 27.1 Å². The summed E-state index contributed by atoms with van der Waals surface area (Å²) < 4.78 is 45.1. The van der Waals surface area contributed by atoms with Gasteiger partial charge < -0.3 is 10.5 Å². The summed E-state index contributed by atoms with van der Waals surface area (Å²) in [6, 6.07) is 6.16. The molecule has 24 heavy (non-hydrogen) atoms. The first-order chi connectivity index (χ1) is 11.2. The second-order valence-electron chi connectivity index (χ2n) is 5.22. The minimum Gasteiger partial charge on any atom is -0.453 e. The van der Waals surface area contributed by atoms with Crippen molar-refractivity contribution in [2.24, 2.45) is 16.8 Å². The Balaban J connectivity index is 2.21. The summed E-state index contributed by atoms with van der Waals surface area (Å²) >= 11 is 12.1. The van der Waals surface area contributed by atoms with E-state index in [1.807, 2.05) is 6.07 Å². The van der Waals surface area contributed by atoms with Gasteiger partial charge in [0.2, 0.25) is 5.88 Å². The number of nitrogens with two attached hydrogens (primary N) is 1. The first-order valence-corrected chi connectivity index (χ1v) is 7.41. The molecule has 0 spiro atoms. The molecule has 10 heteroatoms. The van der Waals surface area contributed by atoms with Crippen LogP contribution in [0.15, 0.2) is 34.8 Å². The van der Waals surface area contributed by atoms with Crippen LogP contribution in [0.1, 0.15) is 11.5 Å². The van der Waals surface area contributed by atoms with Gasteiger partial charge in [-0.3, -0.25) is 5.43 Å². The number of nitriles is 1. The van der Waals surface area contributed by atoms with Crippen LogP contribution in [0, 0.1) is 17.2 Å². The fourth-order valence-corrected chi connectivity index (χ4v) is 3.29. The number of hydrazone groups is 1. The van der Waals surface area contributed by atoms with Crippen molar-refractivity contribution >= 4 is 28.9 Å². The molecule has 0 aromatic heterocycles. The minimum atomic E-state index is -4.70. The molecule has 1 aromatic rings. The molecule has 0 aliphatic carbocycles. The van der Waals surface area contributed by atoms with Gasteiger partial charge in [-0.15, -0.1) is 0 Å². The maximum Gasteiger partial charge on any atom is 0.431 e. The standard InChI is InChI=1S/C14H9Cl2F3N4O/c15-5-1-2-8(16)6(3-5)9-7(4-20)12(21)24-13-10(9)11(22-23-13)14(17,18)19/h1-3,9-10,13,23H,21H2/t9-,10-,13-/m0/s1. The summed E-state index contributed by atoms with van der Waals surface area (Å²) in [6.45, 7) is 0. The van der Waals surface area contributed by atoms with E-state index in [4.69, 9.17) is 33.7 Å². The number of hydrogen-bond acceptors (Lipinski definition) is 5. The van der Waals surface area contributed by atoms with Gasteiger partial charge in [0, 0.05) is 16.0 Å². The van der Waals surface area contributed by atoms with Crippen LogP contribution in [0.25, 0.3) is 0 Å². The lowest BCUT2D eigenvalue weighted by atomic mass is 9.76. The lowest BCUT2D eigenvalue weighted by Gasteiger charge is -2.35. The highest BCUT2D eigenvalue weighted by Gasteiger charge is 2.55. The first-order valence-electron chi connectivity index (χ1n) is 6.65. The Morgan fingerprint density at radius 3 is 2.67 bits per heavy atom. The third-order valence-corrected chi connectivity index (χ3v) is 4.43. The molecule has 0 amide bonds. The number of ether oxygens (including phenoxy) is 1. The first kappa shape index (κ1) is 16.7. The van der Waals surface area contributed by atoms with Crippen LogP contribution >= 0.6 is 23.2 Å². The molecule has 2 aliphatic heterocycles. The number of hydrogen-bond donors (Lipinski definition) is 2. The highest BCUT2D eigenvalue weighted by atomic mass is 35.5. The Hall–Kier alpha value is -2.11. The lowest BCUT2D eigenvalue weighted by Crippen LogP contribution is -2.45. The Morgan fingerprint density at radius 1 is 1.33 bits per heavy atom. The van der Waals surface area contributed by atoms with E-state index in [1.165, 1.54) is 18.2 Å². The van der Waals surface area contributed by atoms with Gasteiger partial charge >= 0.3 is 6.18 Å². The zero-order chi connectivity index (χ0) is 17.6. The van der Waals surface area contributed by atoms with Crippen molar-refractivity contribution in [3.05, 3.63) is 45.3 Å². The third kappa shape index (κ3) is 2.64. The van der Waals surface area contributed by atoms with Crippen LogP contribution in [0.4, 0.5) is 13.2 Å². The van der Waals surface area contributed by atoms with Gasteiger partial charge in [0.05, 0.1) is 11.5 Å². The van der Waals surface area contributed by atoms with Crippen LogP contribution in [-0.4, -0.2) is 18.1 Å². The van der Waals surface area contributed by atoms with Crippen LogP contribution in [0.2, 0.25) is 10.0 Å². The SMILES string of the molecule is N#CC1=C(N)O[C@@H]2NN=C(C(F)(F)F)[C@@H]2[C@H]1c1cc(Cl)ccc1Cl. The highest BCUT2D eigenvalue weighted by Crippen LogP contribution is 2.47. The van der Waals surface area contributed by atoms with E-state index in [1.54, 1.807) is 0 Å². The number of benzene rings is 1.